The van der Waals surface area contributed by atoms with Crippen LogP contribution in [0.2, 0.25) is 0 Å². The van der Waals surface area contributed by atoms with Crippen molar-refractivity contribution in [3.05, 3.63) is 47.5 Å². The lowest BCUT2D eigenvalue weighted by molar-refractivity contribution is 0.559. The fraction of sp³-hybridized carbons (Fsp3) is 0. The SMILES string of the molecule is N#CC(C#N)=c1nc2c(ccc3cc4ccc5nc(=C(C#N)C#N)oc5c4cc32)o1. The monoisotopic (exact) mass is 386 g/mol. The normalized spacial score (nSPS) is 10.5. The predicted octanol–water partition coefficient (Wildman–Crippen LogP) is 2.67. The molecule has 0 atom stereocenters. The van der Waals surface area contributed by atoms with E-state index in [-0.39, 0.29) is 22.2 Å². The minimum absolute atomic E-state index is 0.0354. The quantitative estimate of drug-likeness (QED) is 0.369. The van der Waals surface area contributed by atoms with E-state index in [2.05, 4.69) is 9.97 Å². The second-order valence-corrected chi connectivity index (χ2v) is 6.36. The molecule has 0 spiro atoms. The van der Waals surface area contributed by atoms with Crippen molar-refractivity contribution in [2.24, 2.45) is 0 Å². The molecule has 3 aromatic carbocycles. The highest BCUT2D eigenvalue weighted by Gasteiger charge is 2.13. The summed E-state index contributed by atoms with van der Waals surface area (Å²) in [6, 6.07) is 18.1. The van der Waals surface area contributed by atoms with Gasteiger partial charge in [0.15, 0.2) is 22.3 Å². The average molecular weight is 386 g/mol. The van der Waals surface area contributed by atoms with E-state index in [9.17, 15) is 0 Å². The number of nitriles is 4. The van der Waals surface area contributed by atoms with E-state index in [0.29, 0.717) is 22.2 Å². The summed E-state index contributed by atoms with van der Waals surface area (Å²) >= 11 is 0. The average Bonchev–Trinajstić information content (AvgIpc) is 3.39. The maximum atomic E-state index is 9.09. The number of benzene rings is 3. The molecule has 0 aliphatic carbocycles. The molecule has 8 nitrogen and oxygen atoms in total. The first-order valence-electron chi connectivity index (χ1n) is 8.58. The van der Waals surface area contributed by atoms with Gasteiger partial charge >= 0.3 is 0 Å². The van der Waals surface area contributed by atoms with Crippen molar-refractivity contribution in [1.29, 1.82) is 21.0 Å². The van der Waals surface area contributed by atoms with Gasteiger partial charge in [0.1, 0.15) is 35.3 Å². The number of fused-ring (bicyclic) bond motifs is 6. The molecule has 0 aliphatic rings. The summed E-state index contributed by atoms with van der Waals surface area (Å²) in [5.41, 5.74) is 1.40. The minimum Gasteiger partial charge on any atom is -0.435 e. The molecule has 5 aromatic rings. The van der Waals surface area contributed by atoms with Gasteiger partial charge in [-0.15, -0.1) is 0 Å². The van der Waals surface area contributed by atoms with Crippen molar-refractivity contribution in [2.75, 3.05) is 0 Å². The molecule has 2 aromatic heterocycles. The van der Waals surface area contributed by atoms with Crippen LogP contribution in [0.25, 0.3) is 54.9 Å². The van der Waals surface area contributed by atoms with Crippen LogP contribution in [0.5, 0.6) is 0 Å². The standard InChI is InChI=1S/C22H6N6O2/c23-7-13(8-24)21-27-17-3-1-12-5-11-2-4-18-19(15(11)6-16(12)20(17)30-21)28-22(29-18)14(9-25)10-26/h1-6H. The van der Waals surface area contributed by atoms with Gasteiger partial charge in [0.05, 0.1) is 0 Å². The van der Waals surface area contributed by atoms with Crippen molar-refractivity contribution in [2.45, 2.75) is 0 Å². The Bertz CT molecular complexity index is 1680. The molecule has 0 aliphatic heterocycles. The van der Waals surface area contributed by atoms with E-state index in [4.69, 9.17) is 29.9 Å². The van der Waals surface area contributed by atoms with Gasteiger partial charge in [-0.2, -0.15) is 21.0 Å². The van der Waals surface area contributed by atoms with Crippen molar-refractivity contribution in [1.82, 2.24) is 9.97 Å². The third-order valence-electron chi connectivity index (χ3n) is 4.74. The van der Waals surface area contributed by atoms with E-state index in [0.717, 1.165) is 21.5 Å². The zero-order chi connectivity index (χ0) is 20.8. The first-order chi connectivity index (χ1) is 14.7. The molecule has 0 radical (unpaired) electrons. The molecule has 2 heterocycles. The summed E-state index contributed by atoms with van der Waals surface area (Å²) in [4.78, 5) is 8.58. The molecule has 0 saturated heterocycles. The number of hydrogen-bond acceptors (Lipinski definition) is 8. The molecule has 30 heavy (non-hydrogen) atoms. The highest BCUT2D eigenvalue weighted by Crippen LogP contribution is 2.31. The third kappa shape index (κ3) is 2.29. The van der Waals surface area contributed by atoms with Gasteiger partial charge < -0.3 is 8.83 Å². The Balaban J connectivity index is 1.95. The van der Waals surface area contributed by atoms with E-state index >= 15 is 0 Å². The molecule has 8 heteroatoms. The summed E-state index contributed by atoms with van der Waals surface area (Å²) in [6.07, 6.45) is 0. The summed E-state index contributed by atoms with van der Waals surface area (Å²) in [7, 11) is 0. The summed E-state index contributed by atoms with van der Waals surface area (Å²) in [5.74, 6) is 0. The molecular weight excluding hydrogens is 380 g/mol. The highest BCUT2D eigenvalue weighted by molar-refractivity contribution is 6.14. The number of aromatic nitrogens is 2. The molecule has 136 valence electrons. The van der Waals surface area contributed by atoms with Gasteiger partial charge in [-0.05, 0) is 35.0 Å². The number of nitrogens with zero attached hydrogens (tertiary/aromatic N) is 6. The summed E-state index contributed by atoms with van der Waals surface area (Å²) < 4.78 is 11.3. The fourth-order valence-electron chi connectivity index (χ4n) is 3.38. The second-order valence-electron chi connectivity index (χ2n) is 6.36. The lowest BCUT2D eigenvalue weighted by Gasteiger charge is -2.03. The van der Waals surface area contributed by atoms with Crippen LogP contribution in [0.1, 0.15) is 0 Å². The van der Waals surface area contributed by atoms with Crippen molar-refractivity contribution in [3.8, 4) is 24.3 Å². The Hall–Kier alpha value is -5.18. The van der Waals surface area contributed by atoms with E-state index < -0.39 is 0 Å². The van der Waals surface area contributed by atoms with Crippen molar-refractivity contribution >= 4 is 54.9 Å². The molecule has 0 bridgehead atoms. The molecule has 0 fully saturated rings. The number of oxazole rings is 2. The zero-order valence-corrected chi connectivity index (χ0v) is 15.0. The van der Waals surface area contributed by atoms with Crippen molar-refractivity contribution in [3.63, 3.8) is 0 Å². The Morgan fingerprint density at radius 1 is 0.700 bits per heavy atom. The lowest BCUT2D eigenvalue weighted by atomic mass is 10.0. The Morgan fingerprint density at radius 2 is 1.33 bits per heavy atom. The van der Waals surface area contributed by atoms with Gasteiger partial charge in [0.25, 0.3) is 0 Å². The highest BCUT2D eigenvalue weighted by atomic mass is 16.3. The number of hydrogen-bond donors (Lipinski definition) is 0. The molecule has 5 rings (SSSR count). The molecule has 0 unspecified atom stereocenters. The van der Waals surface area contributed by atoms with E-state index in [1.807, 2.05) is 24.3 Å². The topological polar surface area (TPSA) is 147 Å². The third-order valence-corrected chi connectivity index (χ3v) is 4.74. The van der Waals surface area contributed by atoms with E-state index in [1.54, 1.807) is 36.4 Å². The molecule has 0 N–H and O–H groups in total. The number of rotatable bonds is 0. The largest absolute Gasteiger partial charge is 0.435 e. The van der Waals surface area contributed by atoms with Gasteiger partial charge in [-0.1, -0.05) is 12.1 Å². The fourth-order valence-corrected chi connectivity index (χ4v) is 3.38. The van der Waals surface area contributed by atoms with Crippen LogP contribution in [0.4, 0.5) is 0 Å². The van der Waals surface area contributed by atoms with Crippen LogP contribution >= 0.6 is 0 Å². The van der Waals surface area contributed by atoms with Crippen LogP contribution in [-0.2, 0) is 0 Å². The van der Waals surface area contributed by atoms with Gasteiger partial charge in [0.2, 0.25) is 11.1 Å². The second kappa shape index (κ2) is 6.17. The predicted molar refractivity (Wildman–Crippen MR) is 105 cm³/mol. The zero-order valence-electron chi connectivity index (χ0n) is 15.0. The first kappa shape index (κ1) is 17.0. The van der Waals surface area contributed by atoms with Crippen molar-refractivity contribution < 1.29 is 8.83 Å². The van der Waals surface area contributed by atoms with Gasteiger partial charge in [-0.25, -0.2) is 9.97 Å². The minimum atomic E-state index is -0.210. The summed E-state index contributed by atoms with van der Waals surface area (Å²) in [5, 5.41) is 39.6. The van der Waals surface area contributed by atoms with E-state index in [1.165, 1.54) is 0 Å². The Labute approximate surface area is 167 Å². The maximum absolute atomic E-state index is 9.09. The van der Waals surface area contributed by atoms with Gasteiger partial charge in [0, 0.05) is 10.8 Å². The Morgan fingerprint density at radius 3 is 2.03 bits per heavy atom. The molecule has 0 saturated carbocycles. The smallest absolute Gasteiger partial charge is 0.249 e. The van der Waals surface area contributed by atoms with Crippen LogP contribution < -0.4 is 11.1 Å². The lowest BCUT2D eigenvalue weighted by Crippen LogP contribution is -2.03. The summed E-state index contributed by atoms with van der Waals surface area (Å²) in [6.45, 7) is 0. The van der Waals surface area contributed by atoms with Crippen LogP contribution in [0.3, 0.4) is 0 Å². The van der Waals surface area contributed by atoms with Crippen LogP contribution in [-0.4, -0.2) is 9.97 Å². The maximum Gasteiger partial charge on any atom is 0.249 e. The first-order valence-corrected chi connectivity index (χ1v) is 8.58. The Kier molecular flexibility index (Phi) is 3.49. The molecule has 0 amide bonds. The van der Waals surface area contributed by atoms with Crippen LogP contribution in [0.15, 0.2) is 45.2 Å². The van der Waals surface area contributed by atoms with Crippen LogP contribution in [0, 0.1) is 45.3 Å². The van der Waals surface area contributed by atoms with Gasteiger partial charge in [-0.3, -0.25) is 0 Å². The molecular formula is C22H6N6O2.